The molecular formula is C17H14ClIN2O2. The lowest BCUT2D eigenvalue weighted by atomic mass is 10.0. The van der Waals surface area contributed by atoms with Crippen molar-refractivity contribution in [1.29, 1.82) is 0 Å². The molecule has 23 heavy (non-hydrogen) atoms. The van der Waals surface area contributed by atoms with Crippen molar-refractivity contribution in [2.24, 2.45) is 0 Å². The van der Waals surface area contributed by atoms with Crippen LogP contribution in [0.2, 0.25) is 5.02 Å². The van der Waals surface area contributed by atoms with E-state index in [0.717, 1.165) is 9.13 Å². The lowest BCUT2D eigenvalue weighted by Gasteiger charge is -2.29. The van der Waals surface area contributed by atoms with Crippen LogP contribution in [0.25, 0.3) is 0 Å². The molecule has 4 nitrogen and oxygen atoms in total. The van der Waals surface area contributed by atoms with E-state index in [1.54, 1.807) is 23.1 Å². The van der Waals surface area contributed by atoms with Crippen LogP contribution >= 0.6 is 34.2 Å². The minimum absolute atomic E-state index is 0.0119. The largest absolute Gasteiger partial charge is 0.343 e. The van der Waals surface area contributed by atoms with Gasteiger partial charge in [-0.1, -0.05) is 23.7 Å². The topological polar surface area (TPSA) is 49.4 Å². The number of hydrogen-bond acceptors (Lipinski definition) is 2. The first-order valence-electron chi connectivity index (χ1n) is 7.12. The monoisotopic (exact) mass is 440 g/mol. The van der Waals surface area contributed by atoms with Crippen molar-refractivity contribution in [3.05, 3.63) is 62.2 Å². The van der Waals surface area contributed by atoms with Gasteiger partial charge >= 0.3 is 0 Å². The van der Waals surface area contributed by atoms with Gasteiger partial charge in [0.2, 0.25) is 5.91 Å². The van der Waals surface area contributed by atoms with Gasteiger partial charge in [0.1, 0.15) is 0 Å². The Morgan fingerprint density at radius 2 is 1.87 bits per heavy atom. The van der Waals surface area contributed by atoms with Crippen LogP contribution in [0.15, 0.2) is 42.5 Å². The normalized spacial score (nSPS) is 15.7. The van der Waals surface area contributed by atoms with Gasteiger partial charge in [-0.05, 0) is 65.4 Å². The summed E-state index contributed by atoms with van der Waals surface area (Å²) in [7, 11) is 0. The molecule has 0 aliphatic carbocycles. The van der Waals surface area contributed by atoms with E-state index < -0.39 is 0 Å². The third-order valence-corrected chi connectivity index (χ3v) is 4.79. The number of nitrogens with one attached hydrogen (secondary N) is 1. The summed E-state index contributed by atoms with van der Waals surface area (Å²) >= 11 is 8.09. The van der Waals surface area contributed by atoms with E-state index in [1.807, 2.05) is 31.2 Å². The number of rotatable bonds is 2. The highest BCUT2D eigenvalue weighted by atomic mass is 127. The molecule has 118 valence electrons. The van der Waals surface area contributed by atoms with Crippen LogP contribution in [0.4, 0.5) is 5.69 Å². The Kier molecular flexibility index (Phi) is 4.59. The average molecular weight is 441 g/mol. The Balaban J connectivity index is 2.09. The Hall–Kier alpha value is -1.60. The first-order valence-corrected chi connectivity index (χ1v) is 8.58. The molecule has 0 unspecified atom stereocenters. The van der Waals surface area contributed by atoms with Crippen molar-refractivity contribution in [1.82, 2.24) is 5.32 Å². The third kappa shape index (κ3) is 3.21. The quantitative estimate of drug-likeness (QED) is 0.723. The van der Waals surface area contributed by atoms with Crippen molar-refractivity contribution >= 4 is 51.7 Å². The summed E-state index contributed by atoms with van der Waals surface area (Å²) < 4.78 is 0.949. The van der Waals surface area contributed by atoms with Gasteiger partial charge in [-0.3, -0.25) is 9.59 Å². The van der Waals surface area contributed by atoms with Crippen LogP contribution in [0.1, 0.15) is 28.9 Å². The minimum atomic E-state index is -0.224. The van der Waals surface area contributed by atoms with Crippen LogP contribution in [-0.4, -0.2) is 18.4 Å². The molecule has 0 saturated heterocycles. The van der Waals surface area contributed by atoms with Crippen molar-refractivity contribution in [3.8, 4) is 0 Å². The summed E-state index contributed by atoms with van der Waals surface area (Å²) in [5, 5.41) is 3.32. The summed E-state index contributed by atoms with van der Waals surface area (Å²) in [6, 6.07) is 12.7. The molecule has 1 aliphatic rings. The van der Waals surface area contributed by atoms with E-state index in [-0.39, 0.29) is 24.4 Å². The van der Waals surface area contributed by atoms with Gasteiger partial charge in [0, 0.05) is 8.59 Å². The predicted octanol–water partition coefficient (Wildman–Crippen LogP) is 3.78. The molecule has 0 spiro atoms. The molecule has 3 rings (SSSR count). The Labute approximate surface area is 153 Å². The summed E-state index contributed by atoms with van der Waals surface area (Å²) in [5.41, 5.74) is 2.11. The van der Waals surface area contributed by atoms with Gasteiger partial charge in [-0.15, -0.1) is 0 Å². The lowest BCUT2D eigenvalue weighted by molar-refractivity contribution is -0.118. The van der Waals surface area contributed by atoms with Gasteiger partial charge in [0.15, 0.2) is 0 Å². The maximum Gasteiger partial charge on any atom is 0.253 e. The second-order valence-corrected chi connectivity index (χ2v) is 7.02. The fourth-order valence-electron chi connectivity index (χ4n) is 2.69. The molecule has 1 aliphatic heterocycles. The highest BCUT2D eigenvalue weighted by Gasteiger charge is 2.30. The summed E-state index contributed by atoms with van der Waals surface area (Å²) in [6.45, 7) is 1.93. The SMILES string of the molecule is C[C@H](c1ccc(Cl)cc1)N1C(=O)CNC(=O)c2cc(I)ccc21. The number of fused-ring (bicyclic) bond motifs is 1. The van der Waals surface area contributed by atoms with Crippen molar-refractivity contribution in [3.63, 3.8) is 0 Å². The number of benzene rings is 2. The minimum Gasteiger partial charge on any atom is -0.343 e. The number of carbonyl (C=O) groups excluding carboxylic acids is 2. The third-order valence-electron chi connectivity index (χ3n) is 3.87. The fraction of sp³-hybridized carbons (Fsp3) is 0.176. The maximum absolute atomic E-state index is 12.6. The molecule has 6 heteroatoms. The zero-order valence-corrected chi connectivity index (χ0v) is 15.3. The first-order chi connectivity index (χ1) is 11.0. The van der Waals surface area contributed by atoms with Crippen LogP contribution in [0.3, 0.4) is 0 Å². The Morgan fingerprint density at radius 1 is 1.17 bits per heavy atom. The number of halogens is 2. The highest BCUT2D eigenvalue weighted by Crippen LogP contribution is 2.32. The number of anilines is 1. The van der Waals surface area contributed by atoms with Crippen molar-refractivity contribution in [2.45, 2.75) is 13.0 Å². The molecule has 0 bridgehead atoms. The van der Waals surface area contributed by atoms with Gasteiger partial charge in [-0.2, -0.15) is 0 Å². The molecule has 2 aromatic carbocycles. The van der Waals surface area contributed by atoms with Crippen LogP contribution in [0.5, 0.6) is 0 Å². The molecule has 1 atom stereocenters. The predicted molar refractivity (Wildman–Crippen MR) is 98.8 cm³/mol. The summed E-state index contributed by atoms with van der Waals surface area (Å²) in [5.74, 6) is -0.363. The number of nitrogens with zero attached hydrogens (tertiary/aromatic N) is 1. The smallest absolute Gasteiger partial charge is 0.253 e. The van der Waals surface area contributed by atoms with Crippen LogP contribution in [-0.2, 0) is 4.79 Å². The Bertz CT molecular complexity index is 777. The molecule has 0 aromatic heterocycles. The fourth-order valence-corrected chi connectivity index (χ4v) is 3.30. The maximum atomic E-state index is 12.6. The summed E-state index contributed by atoms with van der Waals surface area (Å²) in [6.07, 6.45) is 0. The van der Waals surface area contributed by atoms with E-state index in [2.05, 4.69) is 27.9 Å². The van der Waals surface area contributed by atoms with E-state index in [0.29, 0.717) is 16.3 Å². The number of amides is 2. The molecule has 0 saturated carbocycles. The summed E-state index contributed by atoms with van der Waals surface area (Å²) in [4.78, 5) is 26.5. The zero-order valence-electron chi connectivity index (χ0n) is 12.3. The van der Waals surface area contributed by atoms with Gasteiger partial charge in [0.05, 0.1) is 23.8 Å². The molecule has 1 heterocycles. The van der Waals surface area contributed by atoms with Gasteiger partial charge in [0.25, 0.3) is 5.91 Å². The molecule has 0 fully saturated rings. The van der Waals surface area contributed by atoms with Crippen molar-refractivity contribution in [2.75, 3.05) is 11.4 Å². The molecule has 1 N–H and O–H groups in total. The van der Waals surface area contributed by atoms with Crippen LogP contribution in [0, 0.1) is 3.57 Å². The van der Waals surface area contributed by atoms with Gasteiger partial charge < -0.3 is 10.2 Å². The Morgan fingerprint density at radius 3 is 2.57 bits per heavy atom. The van der Waals surface area contributed by atoms with Crippen LogP contribution < -0.4 is 10.2 Å². The van der Waals surface area contributed by atoms with E-state index in [4.69, 9.17) is 11.6 Å². The average Bonchev–Trinajstić information content (AvgIpc) is 2.65. The van der Waals surface area contributed by atoms with Crippen molar-refractivity contribution < 1.29 is 9.59 Å². The molecule has 2 aromatic rings. The second-order valence-electron chi connectivity index (χ2n) is 5.34. The van der Waals surface area contributed by atoms with E-state index in [1.165, 1.54) is 0 Å². The van der Waals surface area contributed by atoms with E-state index >= 15 is 0 Å². The highest BCUT2D eigenvalue weighted by molar-refractivity contribution is 14.1. The number of carbonyl (C=O) groups is 2. The van der Waals surface area contributed by atoms with E-state index in [9.17, 15) is 9.59 Å². The molecular weight excluding hydrogens is 427 g/mol. The lowest BCUT2D eigenvalue weighted by Crippen LogP contribution is -2.38. The first kappa shape index (κ1) is 16.3. The molecule has 0 radical (unpaired) electrons. The van der Waals surface area contributed by atoms with Gasteiger partial charge in [-0.25, -0.2) is 0 Å². The molecule has 2 amide bonds. The standard InChI is InChI=1S/C17H14ClIN2O2/c1-10(11-2-4-12(18)5-3-11)21-15-7-6-13(19)8-14(15)17(23)20-9-16(21)22/h2-8,10H,9H2,1H3,(H,20,23)/t10-/m1/s1. The second kappa shape index (κ2) is 6.49. The number of hydrogen-bond donors (Lipinski definition) is 1. The zero-order chi connectivity index (χ0) is 16.6.